The van der Waals surface area contributed by atoms with Crippen LogP contribution in [0.2, 0.25) is 5.02 Å². The van der Waals surface area contributed by atoms with Crippen molar-refractivity contribution >= 4 is 56.1 Å². The number of fused-ring (bicyclic) bond motifs is 2. The van der Waals surface area contributed by atoms with Crippen molar-refractivity contribution in [1.82, 2.24) is 24.8 Å². The monoisotopic (exact) mass is 483 g/mol. The van der Waals surface area contributed by atoms with Crippen LogP contribution in [0.1, 0.15) is 5.56 Å². The Hall–Kier alpha value is -3.30. The number of nitrogens with zero attached hydrogens (tertiary/aromatic N) is 5. The third kappa shape index (κ3) is 3.31. The lowest BCUT2D eigenvalue weighted by Gasteiger charge is -2.05. The van der Waals surface area contributed by atoms with Crippen molar-refractivity contribution in [2.24, 2.45) is 5.10 Å². The van der Waals surface area contributed by atoms with Crippen LogP contribution in [0.4, 0.5) is 10.2 Å². The van der Waals surface area contributed by atoms with Gasteiger partial charge in [-0.25, -0.2) is 4.39 Å². The van der Waals surface area contributed by atoms with E-state index in [2.05, 4.69) is 46.7 Å². The maximum absolute atomic E-state index is 14.3. The molecular formula is C20H12BrClFN7. The fraction of sp³-hybridized carbons (Fsp3) is 0. The molecule has 0 bridgehead atoms. The Morgan fingerprint density at radius 1 is 1.17 bits per heavy atom. The van der Waals surface area contributed by atoms with Gasteiger partial charge in [0.2, 0.25) is 0 Å². The third-order valence-electron chi connectivity index (χ3n) is 4.51. The summed E-state index contributed by atoms with van der Waals surface area (Å²) < 4.78 is 16.7. The van der Waals surface area contributed by atoms with Gasteiger partial charge in [0.25, 0.3) is 0 Å². The Bertz CT molecular complexity index is 1410. The summed E-state index contributed by atoms with van der Waals surface area (Å²) in [7, 11) is 0. The van der Waals surface area contributed by atoms with Gasteiger partial charge in [0.1, 0.15) is 5.82 Å². The highest BCUT2D eigenvalue weighted by Gasteiger charge is 2.17. The molecule has 0 radical (unpaired) electrons. The van der Waals surface area contributed by atoms with Crippen LogP contribution in [-0.4, -0.2) is 31.0 Å². The zero-order valence-corrected chi connectivity index (χ0v) is 17.5. The molecule has 0 fully saturated rings. The molecule has 0 aliphatic heterocycles. The Kier molecular flexibility index (Phi) is 4.68. The number of hydrogen-bond donors (Lipinski definition) is 2. The zero-order chi connectivity index (χ0) is 20.7. The van der Waals surface area contributed by atoms with E-state index in [1.165, 1.54) is 16.6 Å². The summed E-state index contributed by atoms with van der Waals surface area (Å²) in [4.78, 5) is 3.20. The summed E-state index contributed by atoms with van der Waals surface area (Å²) in [5.74, 6) is 0.149. The predicted molar refractivity (Wildman–Crippen MR) is 118 cm³/mol. The van der Waals surface area contributed by atoms with E-state index < -0.39 is 5.82 Å². The van der Waals surface area contributed by atoms with E-state index in [1.54, 1.807) is 24.4 Å². The van der Waals surface area contributed by atoms with Crippen molar-refractivity contribution in [2.45, 2.75) is 0 Å². The summed E-state index contributed by atoms with van der Waals surface area (Å²) in [6, 6.07) is 13.8. The van der Waals surface area contributed by atoms with Crippen LogP contribution in [0.5, 0.6) is 0 Å². The zero-order valence-electron chi connectivity index (χ0n) is 15.1. The molecule has 0 saturated carbocycles. The average Bonchev–Trinajstić information content (AvgIpc) is 3.32. The summed E-state index contributed by atoms with van der Waals surface area (Å²) in [5.41, 5.74) is 5.41. The minimum absolute atomic E-state index is 0.143. The summed E-state index contributed by atoms with van der Waals surface area (Å²) in [5, 5.41) is 18.0. The average molecular weight is 485 g/mol. The molecule has 3 heterocycles. The van der Waals surface area contributed by atoms with E-state index in [0.29, 0.717) is 11.5 Å². The molecule has 0 unspecified atom stereocenters. The molecular weight excluding hydrogens is 473 g/mol. The fourth-order valence-electron chi connectivity index (χ4n) is 3.11. The number of hydrazone groups is 1. The van der Waals surface area contributed by atoms with Crippen LogP contribution < -0.4 is 5.43 Å². The largest absolute Gasteiger partial charge is 0.361 e. The van der Waals surface area contributed by atoms with Gasteiger partial charge in [0.05, 0.1) is 16.8 Å². The lowest BCUT2D eigenvalue weighted by molar-refractivity contribution is 0.629. The molecule has 2 N–H and O–H groups in total. The van der Waals surface area contributed by atoms with Gasteiger partial charge < -0.3 is 4.98 Å². The fourth-order valence-corrected chi connectivity index (χ4v) is 3.71. The molecule has 0 atom stereocenters. The summed E-state index contributed by atoms with van der Waals surface area (Å²) >= 11 is 9.64. The van der Waals surface area contributed by atoms with E-state index >= 15 is 0 Å². The second-order valence-electron chi connectivity index (χ2n) is 6.41. The van der Waals surface area contributed by atoms with Gasteiger partial charge in [-0.05, 0) is 42.5 Å². The van der Waals surface area contributed by atoms with Gasteiger partial charge in [-0.15, -0.1) is 15.3 Å². The summed E-state index contributed by atoms with van der Waals surface area (Å²) in [6.07, 6.45) is 3.56. The first kappa shape index (κ1) is 18.7. The number of rotatable bonds is 4. The van der Waals surface area contributed by atoms with E-state index in [-0.39, 0.29) is 16.4 Å². The van der Waals surface area contributed by atoms with Crippen LogP contribution >= 0.6 is 27.5 Å². The first-order valence-corrected chi connectivity index (χ1v) is 10.00. The Labute approximate surface area is 182 Å². The standard InChI is InChI=1S/C20H12BrClFN7/c21-12-4-5-16-13(8-12)11(9-24-16)10-25-26-17-6-7-18-27-28-20(30(18)29-17)19-14(22)2-1-3-15(19)23/h1-10,24H,(H,26,29)/b25-10+. The first-order chi connectivity index (χ1) is 14.6. The van der Waals surface area contributed by atoms with Crippen LogP contribution in [0.3, 0.4) is 0 Å². The van der Waals surface area contributed by atoms with Crippen LogP contribution in [0.15, 0.2) is 64.3 Å². The number of nitrogens with one attached hydrogen (secondary N) is 2. The smallest absolute Gasteiger partial charge is 0.189 e. The van der Waals surface area contributed by atoms with Crippen LogP contribution in [-0.2, 0) is 0 Å². The quantitative estimate of drug-likeness (QED) is 0.269. The van der Waals surface area contributed by atoms with Crippen molar-refractivity contribution in [2.75, 3.05) is 5.43 Å². The van der Waals surface area contributed by atoms with Gasteiger partial charge in [-0.1, -0.05) is 33.6 Å². The number of aromatic nitrogens is 5. The minimum atomic E-state index is -0.500. The number of halogens is 3. The number of H-pyrrole nitrogens is 1. The normalized spacial score (nSPS) is 11.7. The van der Waals surface area contributed by atoms with Crippen molar-refractivity contribution in [1.29, 1.82) is 0 Å². The predicted octanol–water partition coefficient (Wildman–Crippen LogP) is 5.27. The van der Waals surface area contributed by atoms with E-state index in [4.69, 9.17) is 11.6 Å². The molecule has 30 heavy (non-hydrogen) atoms. The number of benzene rings is 2. The molecule has 0 saturated heterocycles. The first-order valence-electron chi connectivity index (χ1n) is 8.83. The Balaban J connectivity index is 1.47. The van der Waals surface area contributed by atoms with Gasteiger partial charge >= 0.3 is 0 Å². The molecule has 0 aliphatic rings. The maximum atomic E-state index is 14.3. The van der Waals surface area contributed by atoms with E-state index in [1.807, 2.05) is 24.4 Å². The van der Waals surface area contributed by atoms with E-state index in [9.17, 15) is 4.39 Å². The summed E-state index contributed by atoms with van der Waals surface area (Å²) in [6.45, 7) is 0. The van der Waals surface area contributed by atoms with E-state index in [0.717, 1.165) is 20.9 Å². The molecule has 148 valence electrons. The van der Waals surface area contributed by atoms with Gasteiger partial charge in [0, 0.05) is 27.1 Å². The number of anilines is 1. The van der Waals surface area contributed by atoms with Gasteiger partial charge in [-0.2, -0.15) is 9.62 Å². The lowest BCUT2D eigenvalue weighted by Crippen LogP contribution is -2.01. The highest BCUT2D eigenvalue weighted by Crippen LogP contribution is 2.29. The SMILES string of the molecule is Fc1cccc(Cl)c1-c1nnc2ccc(N/N=C/c3c[nH]c4ccc(Br)cc34)nn12. The van der Waals surface area contributed by atoms with Crippen molar-refractivity contribution in [3.05, 3.63) is 75.6 Å². The molecule has 2 aromatic carbocycles. The molecule has 5 rings (SSSR count). The second kappa shape index (κ2) is 7.51. The molecule has 7 nitrogen and oxygen atoms in total. The number of aromatic amines is 1. The lowest BCUT2D eigenvalue weighted by atomic mass is 10.2. The topological polar surface area (TPSA) is 83.3 Å². The highest BCUT2D eigenvalue weighted by atomic mass is 79.9. The molecule has 0 spiro atoms. The maximum Gasteiger partial charge on any atom is 0.189 e. The van der Waals surface area contributed by atoms with Crippen LogP contribution in [0.25, 0.3) is 27.9 Å². The van der Waals surface area contributed by atoms with Crippen molar-refractivity contribution in [3.8, 4) is 11.4 Å². The number of hydrogen-bond acceptors (Lipinski definition) is 5. The Morgan fingerprint density at radius 3 is 2.93 bits per heavy atom. The van der Waals surface area contributed by atoms with Crippen molar-refractivity contribution < 1.29 is 4.39 Å². The molecule has 3 aromatic heterocycles. The Morgan fingerprint density at radius 2 is 2.07 bits per heavy atom. The third-order valence-corrected chi connectivity index (χ3v) is 5.32. The van der Waals surface area contributed by atoms with Gasteiger partial charge in [0.15, 0.2) is 17.3 Å². The van der Waals surface area contributed by atoms with Gasteiger partial charge in [-0.3, -0.25) is 5.43 Å². The second-order valence-corrected chi connectivity index (χ2v) is 7.74. The molecule has 0 aliphatic carbocycles. The molecule has 0 amide bonds. The molecule has 5 aromatic rings. The van der Waals surface area contributed by atoms with Crippen molar-refractivity contribution in [3.63, 3.8) is 0 Å². The molecule has 10 heteroatoms. The minimum Gasteiger partial charge on any atom is -0.361 e. The van der Waals surface area contributed by atoms with Crippen LogP contribution in [0, 0.1) is 5.82 Å². The highest BCUT2D eigenvalue weighted by molar-refractivity contribution is 9.10.